The van der Waals surface area contributed by atoms with Crippen LogP contribution in [0.25, 0.3) is 0 Å². The summed E-state index contributed by atoms with van der Waals surface area (Å²) in [4.78, 5) is 45.6. The quantitative estimate of drug-likeness (QED) is 0.286. The number of carbonyl (C=O) groups is 4. The smallest absolute Gasteiger partial charge is 0.240 e. The molecule has 0 aliphatic carbocycles. The molecule has 0 saturated heterocycles. The summed E-state index contributed by atoms with van der Waals surface area (Å²) in [6, 6.07) is 0. The SMILES string of the molecule is CC(=O)C(=O)[C@](O)(C(C)=O)[C@](O)(C(C)=O)[C@@H](O)CO. The van der Waals surface area contributed by atoms with E-state index in [1.54, 1.807) is 0 Å². The molecule has 0 radical (unpaired) electrons. The first-order chi connectivity index (χ1) is 8.47. The topological polar surface area (TPSA) is 149 Å². The van der Waals surface area contributed by atoms with E-state index in [4.69, 9.17) is 5.11 Å². The molecule has 0 fully saturated rings. The van der Waals surface area contributed by atoms with Gasteiger partial charge < -0.3 is 20.4 Å². The zero-order valence-electron chi connectivity index (χ0n) is 10.7. The summed E-state index contributed by atoms with van der Waals surface area (Å²) in [6.07, 6.45) is -2.32. The van der Waals surface area contributed by atoms with Crippen LogP contribution in [0.3, 0.4) is 0 Å². The first-order valence-corrected chi connectivity index (χ1v) is 5.29. The van der Waals surface area contributed by atoms with Crippen LogP contribution in [0.15, 0.2) is 0 Å². The van der Waals surface area contributed by atoms with Gasteiger partial charge in [0.1, 0.15) is 6.10 Å². The molecule has 0 aromatic rings. The number of hydrogen-bond acceptors (Lipinski definition) is 8. The molecule has 0 rings (SSSR count). The Labute approximate surface area is 108 Å². The Morgan fingerprint density at radius 2 is 1.42 bits per heavy atom. The van der Waals surface area contributed by atoms with E-state index in [0.29, 0.717) is 13.8 Å². The summed E-state index contributed by atoms with van der Waals surface area (Å²) in [7, 11) is 0. The van der Waals surface area contributed by atoms with Crippen molar-refractivity contribution in [1.29, 1.82) is 0 Å². The van der Waals surface area contributed by atoms with Gasteiger partial charge >= 0.3 is 0 Å². The molecule has 0 aromatic carbocycles. The third-order valence-electron chi connectivity index (χ3n) is 2.90. The molecule has 0 amide bonds. The second kappa shape index (κ2) is 5.66. The molecule has 108 valence electrons. The first kappa shape index (κ1) is 17.5. The molecule has 19 heavy (non-hydrogen) atoms. The van der Waals surface area contributed by atoms with Gasteiger partial charge in [-0.15, -0.1) is 0 Å². The summed E-state index contributed by atoms with van der Waals surface area (Å²) in [5, 5.41) is 38.4. The van der Waals surface area contributed by atoms with Gasteiger partial charge in [0, 0.05) is 6.92 Å². The zero-order chi connectivity index (χ0) is 15.6. The maximum atomic E-state index is 11.7. The van der Waals surface area contributed by atoms with E-state index in [9.17, 15) is 34.5 Å². The molecule has 0 aliphatic heterocycles. The van der Waals surface area contributed by atoms with Gasteiger partial charge in [-0.1, -0.05) is 0 Å². The first-order valence-electron chi connectivity index (χ1n) is 5.29. The van der Waals surface area contributed by atoms with Crippen molar-refractivity contribution in [3.8, 4) is 0 Å². The molecule has 0 aromatic heterocycles. The number of aliphatic hydroxyl groups is 4. The van der Waals surface area contributed by atoms with Gasteiger partial charge in [0.05, 0.1) is 6.61 Å². The Kier molecular flexibility index (Phi) is 5.22. The van der Waals surface area contributed by atoms with E-state index in [0.717, 1.165) is 6.92 Å². The van der Waals surface area contributed by atoms with Gasteiger partial charge in [-0.05, 0) is 13.8 Å². The van der Waals surface area contributed by atoms with Crippen molar-refractivity contribution >= 4 is 23.1 Å². The van der Waals surface area contributed by atoms with Crippen LogP contribution in [0.1, 0.15) is 20.8 Å². The highest BCUT2D eigenvalue weighted by Crippen LogP contribution is 2.30. The van der Waals surface area contributed by atoms with E-state index in [1.165, 1.54) is 0 Å². The number of ketones is 4. The van der Waals surface area contributed by atoms with Crippen molar-refractivity contribution in [2.45, 2.75) is 38.1 Å². The molecule has 3 atom stereocenters. The Bertz CT molecular complexity index is 428. The Morgan fingerprint density at radius 3 is 1.63 bits per heavy atom. The fourth-order valence-corrected chi connectivity index (χ4v) is 1.72. The van der Waals surface area contributed by atoms with Crippen LogP contribution >= 0.6 is 0 Å². The van der Waals surface area contributed by atoms with Gasteiger partial charge in [-0.3, -0.25) is 19.2 Å². The average Bonchev–Trinajstić information content (AvgIpc) is 2.33. The number of Topliss-reactive ketones (excluding diaryl/α,β-unsaturated/α-hetero) is 4. The molecule has 0 spiro atoms. The van der Waals surface area contributed by atoms with Crippen molar-refractivity contribution in [3.05, 3.63) is 0 Å². The lowest BCUT2D eigenvalue weighted by molar-refractivity contribution is -0.207. The second-order valence-corrected chi connectivity index (χ2v) is 4.17. The summed E-state index contributed by atoms with van der Waals surface area (Å²) in [5.74, 6) is -5.79. The molecule has 0 saturated carbocycles. The number of rotatable bonds is 7. The summed E-state index contributed by atoms with van der Waals surface area (Å²) in [5.41, 5.74) is -6.76. The van der Waals surface area contributed by atoms with Crippen LogP contribution in [0.4, 0.5) is 0 Å². The molecule has 8 heteroatoms. The van der Waals surface area contributed by atoms with Crippen molar-refractivity contribution in [3.63, 3.8) is 0 Å². The van der Waals surface area contributed by atoms with E-state index in [-0.39, 0.29) is 0 Å². The number of aliphatic hydroxyl groups excluding tert-OH is 2. The molecule has 0 heterocycles. The van der Waals surface area contributed by atoms with Crippen LogP contribution in [0, 0.1) is 0 Å². The minimum atomic E-state index is -3.45. The molecule has 8 nitrogen and oxygen atoms in total. The number of hydrogen-bond donors (Lipinski definition) is 4. The van der Waals surface area contributed by atoms with Gasteiger partial charge in [0.2, 0.25) is 11.4 Å². The van der Waals surface area contributed by atoms with Gasteiger partial charge in [-0.2, -0.15) is 0 Å². The van der Waals surface area contributed by atoms with Crippen LogP contribution in [-0.4, -0.2) is 67.5 Å². The fraction of sp³-hybridized carbons (Fsp3) is 0.636. The van der Waals surface area contributed by atoms with Crippen LogP contribution < -0.4 is 0 Å². The average molecular weight is 276 g/mol. The molecule has 0 unspecified atom stereocenters. The van der Waals surface area contributed by atoms with E-state index in [1.807, 2.05) is 0 Å². The maximum Gasteiger partial charge on any atom is 0.240 e. The third-order valence-corrected chi connectivity index (χ3v) is 2.90. The molecule has 0 aliphatic rings. The zero-order valence-corrected chi connectivity index (χ0v) is 10.7. The van der Waals surface area contributed by atoms with Gasteiger partial charge in [-0.25, -0.2) is 0 Å². The summed E-state index contributed by atoms with van der Waals surface area (Å²) >= 11 is 0. The molecule has 4 N–H and O–H groups in total. The summed E-state index contributed by atoms with van der Waals surface area (Å²) < 4.78 is 0. The van der Waals surface area contributed by atoms with Crippen LogP contribution in [0.5, 0.6) is 0 Å². The van der Waals surface area contributed by atoms with Gasteiger partial charge in [0.15, 0.2) is 23.0 Å². The van der Waals surface area contributed by atoms with E-state index >= 15 is 0 Å². The molecular formula is C11H16O8. The maximum absolute atomic E-state index is 11.7. The summed E-state index contributed by atoms with van der Waals surface area (Å²) in [6.45, 7) is 0.873. The van der Waals surface area contributed by atoms with Crippen LogP contribution in [-0.2, 0) is 19.2 Å². The monoisotopic (exact) mass is 276 g/mol. The minimum Gasteiger partial charge on any atom is -0.394 e. The number of carbonyl (C=O) groups excluding carboxylic acids is 4. The highest BCUT2D eigenvalue weighted by atomic mass is 16.4. The lowest BCUT2D eigenvalue weighted by Gasteiger charge is -2.40. The predicted octanol–water partition coefficient (Wildman–Crippen LogP) is -2.86. The Hall–Kier alpha value is -1.48. The molecular weight excluding hydrogens is 260 g/mol. The fourth-order valence-electron chi connectivity index (χ4n) is 1.72. The predicted molar refractivity (Wildman–Crippen MR) is 60.0 cm³/mol. The van der Waals surface area contributed by atoms with Crippen LogP contribution in [0.2, 0.25) is 0 Å². The van der Waals surface area contributed by atoms with Gasteiger partial charge in [0.25, 0.3) is 0 Å². The standard InChI is InChI=1S/C11H16O8/c1-5(13)9(17)11(19,7(3)15)10(18,6(2)14)8(16)4-12/h8,12,16,18-19H,4H2,1-3H3/t8-,10-,11+/m0/s1. The van der Waals surface area contributed by atoms with Crippen molar-refractivity contribution in [1.82, 2.24) is 0 Å². The van der Waals surface area contributed by atoms with E-state index in [2.05, 4.69) is 0 Å². The third kappa shape index (κ3) is 2.47. The highest BCUT2D eigenvalue weighted by Gasteiger charge is 2.65. The largest absolute Gasteiger partial charge is 0.394 e. The lowest BCUT2D eigenvalue weighted by atomic mass is 9.70. The lowest BCUT2D eigenvalue weighted by Crippen LogP contribution is -2.73. The second-order valence-electron chi connectivity index (χ2n) is 4.17. The van der Waals surface area contributed by atoms with Crippen molar-refractivity contribution in [2.24, 2.45) is 0 Å². The normalized spacial score (nSPS) is 18.9. The van der Waals surface area contributed by atoms with Crippen molar-refractivity contribution < 1.29 is 39.6 Å². The Balaban J connectivity index is 6.25. The highest BCUT2D eigenvalue weighted by molar-refractivity contribution is 6.45. The van der Waals surface area contributed by atoms with Crippen molar-refractivity contribution in [2.75, 3.05) is 6.61 Å². The Morgan fingerprint density at radius 1 is 1.00 bits per heavy atom. The van der Waals surface area contributed by atoms with E-state index < -0.39 is 47.0 Å². The minimum absolute atomic E-state index is 0.666. The molecule has 0 bridgehead atoms.